The number of amides is 1. The van der Waals surface area contributed by atoms with E-state index in [2.05, 4.69) is 0 Å². The smallest absolute Gasteiger partial charge is 0.224 e. The fourth-order valence-electron chi connectivity index (χ4n) is 2.87. The first-order valence-electron chi connectivity index (χ1n) is 8.30. The highest BCUT2D eigenvalue weighted by Gasteiger charge is 2.22. The third kappa shape index (κ3) is 4.36. The molecule has 0 aromatic heterocycles. The number of carbonyl (C=O) groups excluding carboxylic acids is 1. The maximum atomic E-state index is 12.7. The Balaban J connectivity index is 2.10. The summed E-state index contributed by atoms with van der Waals surface area (Å²) in [5.41, 5.74) is 8.24. The summed E-state index contributed by atoms with van der Waals surface area (Å²) < 4.78 is 5.28. The first-order valence-corrected chi connectivity index (χ1v) is 8.30. The summed E-state index contributed by atoms with van der Waals surface area (Å²) >= 11 is 0. The summed E-state index contributed by atoms with van der Waals surface area (Å²) in [5.74, 6) is 0.855. The van der Waals surface area contributed by atoms with E-state index in [4.69, 9.17) is 10.5 Å². The van der Waals surface area contributed by atoms with Gasteiger partial charge in [0.25, 0.3) is 0 Å². The predicted octanol–water partition coefficient (Wildman–Crippen LogP) is 3.69. The normalized spacial score (nSPS) is 13.2. The van der Waals surface area contributed by atoms with Crippen LogP contribution >= 0.6 is 0 Å². The average molecular weight is 326 g/mol. The van der Waals surface area contributed by atoms with Gasteiger partial charge >= 0.3 is 0 Å². The predicted molar refractivity (Wildman–Crippen MR) is 96.8 cm³/mol. The van der Waals surface area contributed by atoms with E-state index in [9.17, 15) is 4.79 Å². The van der Waals surface area contributed by atoms with E-state index in [1.807, 2.05) is 73.3 Å². The Morgan fingerprint density at radius 2 is 1.79 bits per heavy atom. The molecule has 0 radical (unpaired) electrons. The molecule has 0 aliphatic heterocycles. The van der Waals surface area contributed by atoms with E-state index >= 15 is 0 Å². The van der Waals surface area contributed by atoms with Crippen LogP contribution < -0.4 is 10.5 Å². The summed E-state index contributed by atoms with van der Waals surface area (Å²) in [6.45, 7) is 4.66. The van der Waals surface area contributed by atoms with E-state index < -0.39 is 0 Å². The van der Waals surface area contributed by atoms with Crippen molar-refractivity contribution in [3.05, 3.63) is 65.7 Å². The van der Waals surface area contributed by atoms with E-state index in [0.717, 1.165) is 16.9 Å². The molecule has 24 heavy (non-hydrogen) atoms. The van der Waals surface area contributed by atoms with Crippen molar-refractivity contribution < 1.29 is 9.53 Å². The lowest BCUT2D eigenvalue weighted by Gasteiger charge is -2.29. The van der Waals surface area contributed by atoms with Gasteiger partial charge in [0.2, 0.25) is 5.91 Å². The molecule has 2 unspecified atom stereocenters. The molecular weight excluding hydrogens is 300 g/mol. The Labute approximate surface area is 144 Å². The molecule has 2 N–H and O–H groups in total. The summed E-state index contributed by atoms with van der Waals surface area (Å²) in [7, 11) is 1.64. The maximum Gasteiger partial charge on any atom is 0.224 e. The van der Waals surface area contributed by atoms with Crippen molar-refractivity contribution in [3.63, 3.8) is 0 Å². The van der Waals surface area contributed by atoms with Gasteiger partial charge in [-0.25, -0.2) is 0 Å². The van der Waals surface area contributed by atoms with Crippen molar-refractivity contribution in [2.24, 2.45) is 5.73 Å². The van der Waals surface area contributed by atoms with Gasteiger partial charge in [0.1, 0.15) is 5.75 Å². The molecule has 4 nitrogen and oxygen atoms in total. The number of nitrogens with two attached hydrogens (primary N) is 1. The molecule has 0 saturated carbocycles. The molecular formula is C20H26N2O2. The Morgan fingerprint density at radius 3 is 2.42 bits per heavy atom. The molecule has 0 spiro atoms. The number of ether oxygens (including phenoxy) is 1. The number of nitrogens with zero attached hydrogens (tertiary/aromatic N) is 1. The number of carbonyl (C=O) groups is 1. The lowest BCUT2D eigenvalue weighted by molar-refractivity contribution is -0.133. The molecule has 4 heteroatoms. The first kappa shape index (κ1) is 18.0. The minimum Gasteiger partial charge on any atom is -0.497 e. The van der Waals surface area contributed by atoms with Crippen LogP contribution in [0, 0.1) is 0 Å². The lowest BCUT2D eigenvalue weighted by atomic mass is 10.0. The molecule has 2 atom stereocenters. The molecule has 0 aliphatic carbocycles. The summed E-state index contributed by atoms with van der Waals surface area (Å²) in [6, 6.07) is 17.3. The number of rotatable bonds is 7. The van der Waals surface area contributed by atoms with Gasteiger partial charge in [-0.1, -0.05) is 42.5 Å². The molecule has 0 bridgehead atoms. The second-order valence-electron chi connectivity index (χ2n) is 5.85. The molecule has 0 saturated heterocycles. The molecule has 0 fully saturated rings. The van der Waals surface area contributed by atoms with Crippen LogP contribution in [0.4, 0.5) is 0 Å². The maximum absolute atomic E-state index is 12.7. The lowest BCUT2D eigenvalue weighted by Crippen LogP contribution is -2.35. The summed E-state index contributed by atoms with van der Waals surface area (Å²) in [4.78, 5) is 14.6. The van der Waals surface area contributed by atoms with Crippen LogP contribution in [0.2, 0.25) is 0 Å². The van der Waals surface area contributed by atoms with Crippen molar-refractivity contribution in [1.82, 2.24) is 4.90 Å². The molecule has 128 valence electrons. The Bertz CT molecular complexity index is 658. The Hall–Kier alpha value is -2.33. The third-order valence-electron chi connectivity index (χ3n) is 4.33. The number of benzene rings is 2. The zero-order valence-electron chi connectivity index (χ0n) is 14.6. The molecule has 0 aliphatic rings. The second kappa shape index (κ2) is 8.50. The molecule has 2 aromatic rings. The SMILES string of the molecule is CCN(C(=O)CC(N)c1ccccc1)C(C)c1cccc(OC)c1. The first-order chi connectivity index (χ1) is 11.6. The van der Waals surface area contributed by atoms with Crippen molar-refractivity contribution in [2.75, 3.05) is 13.7 Å². The molecule has 2 aromatic carbocycles. The van der Waals surface area contributed by atoms with Crippen LogP contribution in [0.15, 0.2) is 54.6 Å². The monoisotopic (exact) mass is 326 g/mol. The fourth-order valence-corrected chi connectivity index (χ4v) is 2.87. The van der Waals surface area contributed by atoms with Gasteiger partial charge < -0.3 is 15.4 Å². The van der Waals surface area contributed by atoms with Crippen molar-refractivity contribution in [2.45, 2.75) is 32.4 Å². The van der Waals surface area contributed by atoms with Crippen LogP contribution in [-0.2, 0) is 4.79 Å². The number of methoxy groups -OCH3 is 1. The van der Waals surface area contributed by atoms with E-state index in [1.54, 1.807) is 7.11 Å². The topological polar surface area (TPSA) is 55.6 Å². The molecule has 2 rings (SSSR count). The highest BCUT2D eigenvalue weighted by atomic mass is 16.5. The van der Waals surface area contributed by atoms with Crippen LogP contribution in [0.5, 0.6) is 5.75 Å². The van der Waals surface area contributed by atoms with Crippen LogP contribution in [0.1, 0.15) is 43.5 Å². The van der Waals surface area contributed by atoms with Crippen LogP contribution in [0.3, 0.4) is 0 Å². The zero-order chi connectivity index (χ0) is 17.5. The molecule has 0 heterocycles. The average Bonchev–Trinajstić information content (AvgIpc) is 2.63. The largest absolute Gasteiger partial charge is 0.497 e. The van der Waals surface area contributed by atoms with Crippen molar-refractivity contribution in [1.29, 1.82) is 0 Å². The van der Waals surface area contributed by atoms with Gasteiger partial charge in [-0.3, -0.25) is 4.79 Å². The summed E-state index contributed by atoms with van der Waals surface area (Å²) in [5, 5.41) is 0. The van der Waals surface area contributed by atoms with Gasteiger partial charge in [0.05, 0.1) is 13.2 Å². The Kier molecular flexibility index (Phi) is 6.38. The summed E-state index contributed by atoms with van der Waals surface area (Å²) in [6.07, 6.45) is 0.298. The van der Waals surface area contributed by atoms with Gasteiger partial charge in [-0.2, -0.15) is 0 Å². The van der Waals surface area contributed by atoms with Gasteiger partial charge in [-0.05, 0) is 37.1 Å². The standard InChI is InChI=1S/C20H26N2O2/c1-4-22(15(2)17-11-8-12-18(13-17)24-3)20(23)14-19(21)16-9-6-5-7-10-16/h5-13,15,19H,4,14,21H2,1-3H3. The molecule has 1 amide bonds. The minimum absolute atomic E-state index is 0.0272. The number of hydrogen-bond acceptors (Lipinski definition) is 3. The second-order valence-corrected chi connectivity index (χ2v) is 5.85. The van der Waals surface area contributed by atoms with Gasteiger partial charge in [0, 0.05) is 19.0 Å². The fraction of sp³-hybridized carbons (Fsp3) is 0.350. The van der Waals surface area contributed by atoms with E-state index in [1.165, 1.54) is 0 Å². The minimum atomic E-state index is -0.287. The van der Waals surface area contributed by atoms with Crippen molar-refractivity contribution >= 4 is 5.91 Å². The van der Waals surface area contributed by atoms with Gasteiger partial charge in [0.15, 0.2) is 0 Å². The number of hydrogen-bond donors (Lipinski definition) is 1. The van der Waals surface area contributed by atoms with Crippen LogP contribution in [0.25, 0.3) is 0 Å². The van der Waals surface area contributed by atoms with Crippen LogP contribution in [-0.4, -0.2) is 24.5 Å². The van der Waals surface area contributed by atoms with Crippen molar-refractivity contribution in [3.8, 4) is 5.75 Å². The highest BCUT2D eigenvalue weighted by molar-refractivity contribution is 5.77. The van der Waals surface area contributed by atoms with E-state index in [-0.39, 0.29) is 18.0 Å². The van der Waals surface area contributed by atoms with E-state index in [0.29, 0.717) is 13.0 Å². The van der Waals surface area contributed by atoms with Gasteiger partial charge in [-0.15, -0.1) is 0 Å². The third-order valence-corrected chi connectivity index (χ3v) is 4.33. The Morgan fingerprint density at radius 1 is 1.12 bits per heavy atom. The quantitative estimate of drug-likeness (QED) is 0.844. The highest BCUT2D eigenvalue weighted by Crippen LogP contribution is 2.25. The zero-order valence-corrected chi connectivity index (χ0v) is 14.6.